The first-order chi connectivity index (χ1) is 13.5. The van der Waals surface area contributed by atoms with Crippen molar-refractivity contribution in [3.8, 4) is 0 Å². The number of nitrogens with zero attached hydrogens (tertiary/aromatic N) is 1. The maximum atomic E-state index is 13.3. The Bertz CT molecular complexity index is 819. The molecule has 2 aromatic rings. The fourth-order valence-corrected chi connectivity index (χ4v) is 4.65. The Balaban J connectivity index is 1.86. The van der Waals surface area contributed by atoms with Gasteiger partial charge in [-0.05, 0) is 37.0 Å². The Hall–Kier alpha value is -1.64. The van der Waals surface area contributed by atoms with Crippen LogP contribution in [0.25, 0.3) is 0 Å². The number of benzene rings is 1. The molecular weight excluding hydrogens is 399 g/mol. The number of carbonyl (C=O) groups excluding carboxylic acids is 1. The first-order valence-electron chi connectivity index (χ1n) is 9.49. The number of halogens is 1. The summed E-state index contributed by atoms with van der Waals surface area (Å²) in [6.45, 7) is 2.00. The van der Waals surface area contributed by atoms with Gasteiger partial charge in [-0.3, -0.25) is 9.00 Å². The average Bonchev–Trinajstić information content (AvgIpc) is 3.33. The molecule has 28 heavy (non-hydrogen) atoms. The number of amides is 1. The molecule has 0 radical (unpaired) electrons. The first-order valence-corrected chi connectivity index (χ1v) is 11.9. The van der Waals surface area contributed by atoms with Crippen LogP contribution in [0.3, 0.4) is 0 Å². The lowest BCUT2D eigenvalue weighted by Gasteiger charge is -2.28. The molecule has 0 spiro atoms. The summed E-state index contributed by atoms with van der Waals surface area (Å²) in [6, 6.07) is 7.20. The molecule has 0 aliphatic heterocycles. The van der Waals surface area contributed by atoms with Gasteiger partial charge >= 0.3 is 0 Å². The Morgan fingerprint density at radius 3 is 2.57 bits per heavy atom. The van der Waals surface area contributed by atoms with Crippen LogP contribution in [-0.4, -0.2) is 33.6 Å². The summed E-state index contributed by atoms with van der Waals surface area (Å²) in [5.41, 5.74) is 0.786. The molecule has 1 N–H and O–H groups in total. The van der Waals surface area contributed by atoms with Crippen molar-refractivity contribution >= 4 is 33.2 Å². The van der Waals surface area contributed by atoms with E-state index in [4.69, 9.17) is 4.74 Å². The molecule has 152 valence electrons. The van der Waals surface area contributed by atoms with Crippen molar-refractivity contribution in [2.45, 2.75) is 62.0 Å². The van der Waals surface area contributed by atoms with Gasteiger partial charge in [-0.25, -0.2) is 4.98 Å². The topological polar surface area (TPSA) is 68.3 Å². The summed E-state index contributed by atoms with van der Waals surface area (Å²) in [4.78, 5) is 17.7. The van der Waals surface area contributed by atoms with Gasteiger partial charge in [-0.1, -0.05) is 43.2 Å². The van der Waals surface area contributed by atoms with Crippen LogP contribution in [-0.2, 0) is 20.3 Å². The van der Waals surface area contributed by atoms with Gasteiger partial charge in [0.25, 0.3) is 0 Å². The van der Waals surface area contributed by atoms with Crippen LogP contribution in [0.1, 0.15) is 50.5 Å². The minimum absolute atomic E-state index is 0.167. The third-order valence-electron chi connectivity index (χ3n) is 5.00. The summed E-state index contributed by atoms with van der Waals surface area (Å²) in [7, 11) is -1.09. The zero-order valence-electron chi connectivity index (χ0n) is 16.0. The van der Waals surface area contributed by atoms with E-state index in [0.29, 0.717) is 11.3 Å². The van der Waals surface area contributed by atoms with Gasteiger partial charge in [-0.2, -0.15) is 4.39 Å². The van der Waals surface area contributed by atoms with Crippen LogP contribution < -0.4 is 5.32 Å². The Labute approximate surface area is 171 Å². The Morgan fingerprint density at radius 1 is 1.36 bits per heavy atom. The van der Waals surface area contributed by atoms with Crippen LogP contribution in [0.4, 0.5) is 9.52 Å². The highest BCUT2D eigenvalue weighted by molar-refractivity contribution is 7.84. The maximum Gasteiger partial charge on any atom is 0.236 e. The van der Waals surface area contributed by atoms with Crippen molar-refractivity contribution in [3.63, 3.8) is 0 Å². The van der Waals surface area contributed by atoms with E-state index in [9.17, 15) is 13.4 Å². The number of ether oxygens (including phenoxy) is 1. The second kappa shape index (κ2) is 9.71. The average molecular weight is 425 g/mol. The molecule has 3 atom stereocenters. The number of thiazole rings is 1. The van der Waals surface area contributed by atoms with Crippen LogP contribution in [0.15, 0.2) is 35.4 Å². The molecular formula is C20H25FN2O3S2. The Kier molecular flexibility index (Phi) is 7.31. The number of carbonyl (C=O) groups is 1. The van der Waals surface area contributed by atoms with E-state index < -0.39 is 21.8 Å². The first kappa shape index (κ1) is 21.1. The molecule has 1 heterocycles. The minimum atomic E-state index is -1.09. The van der Waals surface area contributed by atoms with Gasteiger partial charge < -0.3 is 10.1 Å². The monoisotopic (exact) mass is 424 g/mol. The van der Waals surface area contributed by atoms with Gasteiger partial charge in [0.2, 0.25) is 5.91 Å². The second-order valence-electron chi connectivity index (χ2n) is 6.95. The highest BCUT2D eigenvalue weighted by atomic mass is 32.2. The fourth-order valence-electron chi connectivity index (χ4n) is 3.58. The molecule has 3 rings (SSSR count). The Morgan fingerprint density at radius 2 is 2.04 bits per heavy atom. The van der Waals surface area contributed by atoms with E-state index in [-0.39, 0.29) is 23.2 Å². The SMILES string of the molecule is CCC(OC1CCCC1)C(C(=O)Nc1ncc(F)s1)c1ccc(S(C)=O)cc1. The normalized spacial score (nSPS) is 18.0. The minimum Gasteiger partial charge on any atom is -0.374 e. The summed E-state index contributed by atoms with van der Waals surface area (Å²) in [5.74, 6) is -0.832. The quantitative estimate of drug-likeness (QED) is 0.678. The van der Waals surface area contributed by atoms with Crippen LogP contribution in [0.5, 0.6) is 0 Å². The van der Waals surface area contributed by atoms with E-state index in [0.717, 1.165) is 48.8 Å². The van der Waals surface area contributed by atoms with Crippen molar-refractivity contribution in [2.24, 2.45) is 0 Å². The molecule has 1 aromatic heterocycles. The molecule has 1 aliphatic rings. The van der Waals surface area contributed by atoms with Gasteiger partial charge in [0.05, 0.1) is 24.3 Å². The predicted octanol–water partition coefficient (Wildman–Crippen LogP) is 4.48. The van der Waals surface area contributed by atoms with Crippen molar-refractivity contribution in [2.75, 3.05) is 11.6 Å². The lowest BCUT2D eigenvalue weighted by molar-refractivity contribution is -0.123. The van der Waals surface area contributed by atoms with Crippen LogP contribution in [0, 0.1) is 5.13 Å². The molecule has 1 saturated carbocycles. The second-order valence-corrected chi connectivity index (χ2v) is 9.31. The van der Waals surface area contributed by atoms with E-state index in [1.165, 1.54) is 0 Å². The van der Waals surface area contributed by atoms with E-state index in [1.807, 2.05) is 19.1 Å². The maximum absolute atomic E-state index is 13.3. The van der Waals surface area contributed by atoms with E-state index in [1.54, 1.807) is 18.4 Å². The van der Waals surface area contributed by atoms with Crippen molar-refractivity contribution < 1.29 is 18.1 Å². The lowest BCUT2D eigenvalue weighted by atomic mass is 9.90. The zero-order valence-corrected chi connectivity index (χ0v) is 17.7. The number of aromatic nitrogens is 1. The van der Waals surface area contributed by atoms with E-state index in [2.05, 4.69) is 10.3 Å². The number of hydrogen-bond acceptors (Lipinski definition) is 5. The third-order valence-corrected chi connectivity index (χ3v) is 6.64. The summed E-state index contributed by atoms with van der Waals surface area (Å²) >= 11 is 0.797. The third kappa shape index (κ3) is 5.24. The molecule has 5 nitrogen and oxygen atoms in total. The molecule has 1 aliphatic carbocycles. The smallest absolute Gasteiger partial charge is 0.236 e. The molecule has 3 unspecified atom stereocenters. The molecule has 1 aromatic carbocycles. The van der Waals surface area contributed by atoms with Crippen molar-refractivity contribution in [3.05, 3.63) is 41.2 Å². The lowest BCUT2D eigenvalue weighted by Crippen LogP contribution is -2.34. The number of rotatable bonds is 8. The largest absolute Gasteiger partial charge is 0.374 e. The molecule has 1 amide bonds. The van der Waals surface area contributed by atoms with Crippen LogP contribution in [0.2, 0.25) is 0 Å². The van der Waals surface area contributed by atoms with Gasteiger partial charge in [0, 0.05) is 22.0 Å². The standard InChI is InChI=1S/C20H25FN2O3S2/c1-3-16(26-14-6-4-5-7-14)18(13-8-10-15(11-9-13)28(2)25)19(24)23-20-22-12-17(21)27-20/h8-12,14,16,18H,3-7H2,1-2H3,(H,22,23,24). The summed E-state index contributed by atoms with van der Waals surface area (Å²) in [5, 5.41) is 2.51. The molecule has 1 fully saturated rings. The molecule has 0 saturated heterocycles. The summed E-state index contributed by atoms with van der Waals surface area (Å²) in [6.07, 6.45) is 7.56. The highest BCUT2D eigenvalue weighted by Crippen LogP contribution is 2.32. The van der Waals surface area contributed by atoms with Crippen LogP contribution >= 0.6 is 11.3 Å². The number of nitrogens with one attached hydrogen (secondary N) is 1. The fraction of sp³-hybridized carbons (Fsp3) is 0.500. The van der Waals surface area contributed by atoms with Gasteiger partial charge in [-0.15, -0.1) is 0 Å². The molecule has 8 heteroatoms. The summed E-state index contributed by atoms with van der Waals surface area (Å²) < 4.78 is 31.3. The highest BCUT2D eigenvalue weighted by Gasteiger charge is 2.33. The van der Waals surface area contributed by atoms with Crippen molar-refractivity contribution in [1.82, 2.24) is 4.98 Å². The molecule has 0 bridgehead atoms. The zero-order chi connectivity index (χ0) is 20.1. The van der Waals surface area contributed by atoms with Crippen molar-refractivity contribution in [1.29, 1.82) is 0 Å². The number of anilines is 1. The number of hydrogen-bond donors (Lipinski definition) is 1. The predicted molar refractivity (Wildman–Crippen MR) is 110 cm³/mol. The van der Waals surface area contributed by atoms with Gasteiger partial charge in [0.15, 0.2) is 10.3 Å². The van der Waals surface area contributed by atoms with E-state index >= 15 is 0 Å². The van der Waals surface area contributed by atoms with Gasteiger partial charge in [0.1, 0.15) is 0 Å².